The Labute approximate surface area is 239 Å². The quantitative estimate of drug-likeness (QED) is 0.523. The Balaban J connectivity index is 1.46. The summed E-state index contributed by atoms with van der Waals surface area (Å²) in [4.78, 5) is 46.4. The molecule has 8 nitrogen and oxygen atoms in total. The SMILES string of the molecule is COc1ccc(-c2ccc(C)c(C(=O)O)n2)c(C)c1[C@H]1C2=C(CC3(CCC3)CC2=O)OC2=C1C(=O)N(C)C1(CC1)C2. The largest absolute Gasteiger partial charge is 0.496 e. The van der Waals surface area contributed by atoms with E-state index in [4.69, 9.17) is 9.47 Å². The number of ketones is 1. The van der Waals surface area contributed by atoms with E-state index in [9.17, 15) is 19.5 Å². The van der Waals surface area contributed by atoms with Gasteiger partial charge in [-0.2, -0.15) is 0 Å². The summed E-state index contributed by atoms with van der Waals surface area (Å²) < 4.78 is 12.5. The van der Waals surface area contributed by atoms with Crippen LogP contribution in [0.3, 0.4) is 0 Å². The number of ether oxygens (including phenoxy) is 2. The molecule has 2 fully saturated rings. The molecule has 0 unspecified atom stereocenters. The van der Waals surface area contributed by atoms with Gasteiger partial charge in [-0.1, -0.05) is 12.5 Å². The van der Waals surface area contributed by atoms with E-state index in [0.717, 1.165) is 48.8 Å². The predicted molar refractivity (Wildman–Crippen MR) is 150 cm³/mol. The first-order valence-electron chi connectivity index (χ1n) is 14.4. The molecule has 2 aliphatic heterocycles. The van der Waals surface area contributed by atoms with Crippen LogP contribution in [-0.2, 0) is 14.3 Å². The van der Waals surface area contributed by atoms with E-state index in [1.54, 1.807) is 20.1 Å². The van der Waals surface area contributed by atoms with Gasteiger partial charge in [0.2, 0.25) is 0 Å². The van der Waals surface area contributed by atoms with Crippen molar-refractivity contribution in [3.05, 3.63) is 69.3 Å². The lowest BCUT2D eigenvalue weighted by Crippen LogP contribution is -2.48. The third kappa shape index (κ3) is 3.72. The summed E-state index contributed by atoms with van der Waals surface area (Å²) in [5.74, 6) is 0.180. The van der Waals surface area contributed by atoms with Gasteiger partial charge < -0.3 is 19.5 Å². The van der Waals surface area contributed by atoms with Crippen LogP contribution in [0, 0.1) is 19.3 Å². The molecule has 2 aromatic rings. The molecule has 0 bridgehead atoms. The summed E-state index contributed by atoms with van der Waals surface area (Å²) in [5, 5.41) is 9.72. The van der Waals surface area contributed by atoms with Gasteiger partial charge in [0.05, 0.1) is 29.8 Å². The highest BCUT2D eigenvalue weighted by Gasteiger charge is 2.58. The second-order valence-electron chi connectivity index (χ2n) is 12.6. The number of carbonyl (C=O) groups is 3. The maximum atomic E-state index is 14.1. The molecule has 1 aromatic heterocycles. The van der Waals surface area contributed by atoms with Gasteiger partial charge in [-0.05, 0) is 74.3 Å². The third-order valence-electron chi connectivity index (χ3n) is 10.3. The normalized spacial score (nSPS) is 23.7. The second kappa shape index (κ2) is 8.78. The molecule has 2 spiro atoms. The molecule has 8 heteroatoms. The number of likely N-dealkylation sites (N-methyl/N-ethyl adjacent to an activating group) is 1. The number of nitrogens with zero attached hydrogens (tertiary/aromatic N) is 2. The van der Waals surface area contributed by atoms with Crippen molar-refractivity contribution in [1.82, 2.24) is 9.88 Å². The number of rotatable bonds is 4. The molecule has 1 amide bonds. The van der Waals surface area contributed by atoms with Crippen LogP contribution in [0.15, 0.2) is 46.9 Å². The van der Waals surface area contributed by atoms with E-state index < -0.39 is 11.9 Å². The lowest BCUT2D eigenvalue weighted by atomic mass is 9.58. The summed E-state index contributed by atoms with van der Waals surface area (Å²) in [7, 11) is 3.45. The topological polar surface area (TPSA) is 106 Å². The first kappa shape index (κ1) is 26.0. The molecule has 7 rings (SSSR count). The van der Waals surface area contributed by atoms with Crippen molar-refractivity contribution in [2.24, 2.45) is 5.41 Å². The van der Waals surface area contributed by atoms with Crippen molar-refractivity contribution in [3.8, 4) is 17.0 Å². The number of Topliss-reactive ketones (excluding diaryl/α,β-unsaturated/α-hetero) is 1. The number of allylic oxidation sites excluding steroid dienone is 2. The van der Waals surface area contributed by atoms with Gasteiger partial charge in [0, 0.05) is 43.0 Å². The number of benzene rings is 1. The summed E-state index contributed by atoms with van der Waals surface area (Å²) in [5.41, 5.74) is 4.18. The van der Waals surface area contributed by atoms with Crippen LogP contribution in [-0.4, -0.2) is 52.3 Å². The Kier molecular flexibility index (Phi) is 5.56. The zero-order valence-corrected chi connectivity index (χ0v) is 23.9. The van der Waals surface area contributed by atoms with E-state index >= 15 is 0 Å². The van der Waals surface area contributed by atoms with Crippen LogP contribution in [0.2, 0.25) is 0 Å². The van der Waals surface area contributed by atoms with E-state index in [1.807, 2.05) is 37.1 Å². The molecular formula is C33H34N2O6. The molecule has 212 valence electrons. The second-order valence-corrected chi connectivity index (χ2v) is 12.6. The molecule has 0 radical (unpaired) electrons. The van der Waals surface area contributed by atoms with E-state index in [-0.39, 0.29) is 28.3 Å². The highest BCUT2D eigenvalue weighted by atomic mass is 16.5. The van der Waals surface area contributed by atoms with Crippen molar-refractivity contribution in [3.63, 3.8) is 0 Å². The monoisotopic (exact) mass is 554 g/mol. The minimum Gasteiger partial charge on any atom is -0.496 e. The predicted octanol–water partition coefficient (Wildman–Crippen LogP) is 5.62. The Hall–Kier alpha value is -3.94. The number of hydrogen-bond donors (Lipinski definition) is 1. The zero-order chi connectivity index (χ0) is 28.8. The maximum Gasteiger partial charge on any atom is 0.354 e. The number of aryl methyl sites for hydroxylation is 1. The highest BCUT2D eigenvalue weighted by Crippen LogP contribution is 2.60. The summed E-state index contributed by atoms with van der Waals surface area (Å²) in [6, 6.07) is 7.26. The number of amides is 1. The summed E-state index contributed by atoms with van der Waals surface area (Å²) >= 11 is 0. The average molecular weight is 555 g/mol. The van der Waals surface area contributed by atoms with E-state index in [1.165, 1.54) is 0 Å². The number of aromatic carboxylic acids is 1. The Morgan fingerprint density at radius 3 is 2.39 bits per heavy atom. The van der Waals surface area contributed by atoms with Crippen LogP contribution in [0.25, 0.3) is 11.3 Å². The van der Waals surface area contributed by atoms with Crippen molar-refractivity contribution in [2.45, 2.75) is 76.7 Å². The number of carboxylic acids is 1. The van der Waals surface area contributed by atoms with E-state index in [0.29, 0.717) is 58.9 Å². The molecule has 1 N–H and O–H groups in total. The third-order valence-corrected chi connectivity index (χ3v) is 10.3. The average Bonchev–Trinajstić information content (AvgIpc) is 3.70. The molecule has 41 heavy (non-hydrogen) atoms. The van der Waals surface area contributed by atoms with Crippen molar-refractivity contribution < 1.29 is 29.0 Å². The van der Waals surface area contributed by atoms with E-state index in [2.05, 4.69) is 4.98 Å². The molecule has 3 aliphatic carbocycles. The van der Waals surface area contributed by atoms with Gasteiger partial charge in [-0.25, -0.2) is 9.78 Å². The molecular weight excluding hydrogens is 520 g/mol. The summed E-state index contributed by atoms with van der Waals surface area (Å²) in [6.07, 6.45) is 6.85. The number of pyridine rings is 1. The first-order chi connectivity index (χ1) is 19.6. The molecule has 2 saturated carbocycles. The molecule has 1 atom stereocenters. The maximum absolute atomic E-state index is 14.1. The van der Waals surface area contributed by atoms with Crippen LogP contribution in [0.1, 0.15) is 84.5 Å². The standard InChI is InChI=1S/C33H34N2O6/c1-17-6-8-20(34-29(17)31(38)39)19-7-9-22(40-4)25(18(19)2)28-26-21(36)14-32(10-5-11-32)15-23(26)41-24-16-33(12-13-33)35(3)30(37)27(24)28/h6-9,28H,5,10-16H2,1-4H3,(H,38,39)/t28-/m0/s1. The summed E-state index contributed by atoms with van der Waals surface area (Å²) in [6.45, 7) is 3.66. The Morgan fingerprint density at radius 2 is 1.76 bits per heavy atom. The van der Waals surface area contributed by atoms with Gasteiger partial charge in [0.1, 0.15) is 17.3 Å². The minimum atomic E-state index is -1.09. The lowest BCUT2D eigenvalue weighted by molar-refractivity contribution is -0.131. The fourth-order valence-corrected chi connectivity index (χ4v) is 7.59. The van der Waals surface area contributed by atoms with Crippen LogP contribution in [0.4, 0.5) is 0 Å². The Bertz CT molecular complexity index is 1620. The van der Waals surface area contributed by atoms with Crippen molar-refractivity contribution >= 4 is 17.7 Å². The van der Waals surface area contributed by atoms with Crippen LogP contribution < -0.4 is 4.74 Å². The lowest BCUT2D eigenvalue weighted by Gasteiger charge is -2.49. The van der Waals surface area contributed by atoms with Gasteiger partial charge >= 0.3 is 5.97 Å². The van der Waals surface area contributed by atoms with Gasteiger partial charge in [0.25, 0.3) is 5.91 Å². The zero-order valence-electron chi connectivity index (χ0n) is 23.9. The van der Waals surface area contributed by atoms with Gasteiger partial charge in [0.15, 0.2) is 11.5 Å². The van der Waals surface area contributed by atoms with Gasteiger partial charge in [-0.3, -0.25) is 9.59 Å². The number of aromatic nitrogens is 1. The smallest absolute Gasteiger partial charge is 0.354 e. The van der Waals surface area contributed by atoms with Gasteiger partial charge in [-0.15, -0.1) is 0 Å². The highest BCUT2D eigenvalue weighted by molar-refractivity contribution is 6.06. The molecule has 3 heterocycles. The number of hydrogen-bond acceptors (Lipinski definition) is 6. The molecule has 1 aromatic carbocycles. The van der Waals surface area contributed by atoms with Crippen molar-refractivity contribution in [2.75, 3.05) is 14.2 Å². The Morgan fingerprint density at radius 1 is 1.02 bits per heavy atom. The first-order valence-corrected chi connectivity index (χ1v) is 14.4. The van der Waals surface area contributed by atoms with Crippen molar-refractivity contribution in [1.29, 1.82) is 0 Å². The fraction of sp³-hybridized carbons (Fsp3) is 0.455. The van der Waals surface area contributed by atoms with Crippen LogP contribution in [0.5, 0.6) is 5.75 Å². The minimum absolute atomic E-state index is 0.00704. The fourth-order valence-electron chi connectivity index (χ4n) is 7.59. The molecule has 0 saturated heterocycles. The molecule has 5 aliphatic rings. The number of carboxylic acid groups (broad SMARTS) is 1. The number of methoxy groups -OCH3 is 1. The number of carbonyl (C=O) groups excluding carboxylic acids is 2. The van der Waals surface area contributed by atoms with Crippen LogP contribution >= 0.6 is 0 Å².